The first kappa shape index (κ1) is 22.5. The minimum Gasteiger partial charge on any atom is -0.494 e. The maximum atomic E-state index is 14.4. The number of hydrogen-bond acceptors (Lipinski definition) is 8. The summed E-state index contributed by atoms with van der Waals surface area (Å²) in [6.07, 6.45) is -0.136. The quantitative estimate of drug-likeness (QED) is 0.296. The molecule has 35 heavy (non-hydrogen) atoms. The molecule has 0 unspecified atom stereocenters. The highest BCUT2D eigenvalue weighted by Crippen LogP contribution is 2.35. The number of hydrogen-bond donors (Lipinski definition) is 1. The summed E-state index contributed by atoms with van der Waals surface area (Å²) >= 11 is 1.00. The first-order valence-corrected chi connectivity index (χ1v) is 11.1. The number of halogens is 1. The number of fused-ring (bicyclic) bond motifs is 2. The highest BCUT2D eigenvalue weighted by molar-refractivity contribution is 7.00. The zero-order chi connectivity index (χ0) is 24.5. The van der Waals surface area contributed by atoms with Crippen LogP contribution in [0.3, 0.4) is 0 Å². The van der Waals surface area contributed by atoms with E-state index in [2.05, 4.69) is 8.75 Å². The summed E-state index contributed by atoms with van der Waals surface area (Å²) in [6, 6.07) is 13.7. The second kappa shape index (κ2) is 9.15. The van der Waals surface area contributed by atoms with E-state index in [-0.39, 0.29) is 41.2 Å². The van der Waals surface area contributed by atoms with Gasteiger partial charge in [0, 0.05) is 17.6 Å². The van der Waals surface area contributed by atoms with Crippen molar-refractivity contribution in [3.8, 4) is 17.2 Å². The number of carbonyl (C=O) groups is 2. The van der Waals surface area contributed by atoms with Crippen LogP contribution in [0.15, 0.2) is 60.2 Å². The largest absolute Gasteiger partial charge is 0.494 e. The fraction of sp³-hybridized carbons (Fsp3) is 0.120. The van der Waals surface area contributed by atoms with Crippen LogP contribution in [0.25, 0.3) is 16.6 Å². The third-order valence-electron chi connectivity index (χ3n) is 5.56. The van der Waals surface area contributed by atoms with Crippen molar-refractivity contribution in [3.05, 3.63) is 82.7 Å². The lowest BCUT2D eigenvalue weighted by Gasteiger charge is -2.14. The number of aromatic nitrogens is 2. The van der Waals surface area contributed by atoms with Crippen molar-refractivity contribution < 1.29 is 33.3 Å². The molecule has 0 saturated carbocycles. The molecule has 4 aromatic rings. The standard InChI is InChI=1S/C25H17FN2O6S/c1-32-20-6-2-13(9-17(20)26)8-16(24(29)15-4-7-21-22(11-15)34-12-33-21)23(25(30)31)14-3-5-18-19(10-14)28-35-27-18/h2-7,9-11H,8,12H2,1H3,(H,30,31). The Morgan fingerprint density at radius 1 is 1.00 bits per heavy atom. The van der Waals surface area contributed by atoms with Gasteiger partial charge < -0.3 is 19.3 Å². The summed E-state index contributed by atoms with van der Waals surface area (Å²) in [5.74, 6) is -1.53. The van der Waals surface area contributed by atoms with Gasteiger partial charge >= 0.3 is 5.97 Å². The van der Waals surface area contributed by atoms with Crippen LogP contribution in [0.1, 0.15) is 21.5 Å². The molecule has 0 fully saturated rings. The molecule has 0 aliphatic carbocycles. The zero-order valence-corrected chi connectivity index (χ0v) is 19.1. The van der Waals surface area contributed by atoms with Crippen LogP contribution in [-0.2, 0) is 11.2 Å². The lowest BCUT2D eigenvalue weighted by molar-refractivity contribution is -0.130. The Labute approximate surface area is 202 Å². The second-order valence-electron chi connectivity index (χ2n) is 7.67. The van der Waals surface area contributed by atoms with Crippen LogP contribution in [0, 0.1) is 5.82 Å². The third-order valence-corrected chi connectivity index (χ3v) is 6.12. The minimum atomic E-state index is -1.30. The fourth-order valence-corrected chi connectivity index (χ4v) is 4.40. The van der Waals surface area contributed by atoms with Crippen molar-refractivity contribution in [1.29, 1.82) is 0 Å². The maximum Gasteiger partial charge on any atom is 0.336 e. The molecule has 1 aliphatic heterocycles. The smallest absolute Gasteiger partial charge is 0.336 e. The van der Waals surface area contributed by atoms with Crippen LogP contribution in [0.5, 0.6) is 17.2 Å². The number of carbonyl (C=O) groups excluding carboxylic acids is 1. The van der Waals surface area contributed by atoms with E-state index in [0.717, 1.165) is 11.7 Å². The van der Waals surface area contributed by atoms with Crippen molar-refractivity contribution in [2.45, 2.75) is 6.42 Å². The number of nitrogens with zero attached hydrogens (tertiary/aromatic N) is 2. The van der Waals surface area contributed by atoms with Gasteiger partial charge in [0.15, 0.2) is 28.8 Å². The molecule has 5 rings (SSSR count). The summed E-state index contributed by atoms with van der Waals surface area (Å²) in [7, 11) is 1.35. The number of Topliss-reactive ketones (excluding diaryl/α,β-unsaturated/α-hetero) is 1. The van der Waals surface area contributed by atoms with Gasteiger partial charge in [-0.2, -0.15) is 8.75 Å². The molecular weight excluding hydrogens is 475 g/mol. The molecule has 8 nitrogen and oxygen atoms in total. The lowest BCUT2D eigenvalue weighted by Crippen LogP contribution is -2.14. The van der Waals surface area contributed by atoms with Crippen molar-refractivity contribution in [3.63, 3.8) is 0 Å². The molecule has 3 aromatic carbocycles. The van der Waals surface area contributed by atoms with E-state index < -0.39 is 17.6 Å². The molecule has 0 atom stereocenters. The minimum absolute atomic E-state index is 0.0246. The number of aliphatic carboxylic acids is 1. The molecule has 1 N–H and O–H groups in total. The molecule has 10 heteroatoms. The summed E-state index contributed by atoms with van der Waals surface area (Å²) in [5.41, 5.74) is 1.80. The molecular formula is C25H17FN2O6S. The van der Waals surface area contributed by atoms with Gasteiger partial charge in [-0.05, 0) is 53.6 Å². The molecule has 0 spiro atoms. The predicted molar refractivity (Wildman–Crippen MR) is 126 cm³/mol. The van der Waals surface area contributed by atoms with E-state index in [9.17, 15) is 19.1 Å². The SMILES string of the molecule is COc1ccc(CC(C(=O)c2ccc3c(c2)OCO3)=C(C(=O)O)c2ccc3nsnc3c2)cc1F. The number of benzene rings is 3. The average Bonchev–Trinajstić information content (AvgIpc) is 3.51. The summed E-state index contributed by atoms with van der Waals surface area (Å²) in [5, 5.41) is 10.2. The van der Waals surface area contributed by atoms with Crippen molar-refractivity contribution >= 4 is 40.1 Å². The summed E-state index contributed by atoms with van der Waals surface area (Å²) in [4.78, 5) is 26.2. The Hall–Kier alpha value is -4.31. The highest BCUT2D eigenvalue weighted by Gasteiger charge is 2.26. The third kappa shape index (κ3) is 4.31. The van der Waals surface area contributed by atoms with Crippen molar-refractivity contribution in [2.75, 3.05) is 13.9 Å². The number of carboxylic acids is 1. The molecule has 0 saturated heterocycles. The molecule has 0 amide bonds. The first-order valence-electron chi connectivity index (χ1n) is 10.4. The van der Waals surface area contributed by atoms with Gasteiger partial charge in [-0.15, -0.1) is 0 Å². The van der Waals surface area contributed by atoms with Gasteiger partial charge in [0.25, 0.3) is 0 Å². The monoisotopic (exact) mass is 492 g/mol. The Morgan fingerprint density at radius 3 is 2.54 bits per heavy atom. The van der Waals surface area contributed by atoms with Gasteiger partial charge in [0.2, 0.25) is 6.79 Å². The van der Waals surface area contributed by atoms with Crippen LogP contribution >= 0.6 is 11.7 Å². The molecule has 0 bridgehead atoms. The Morgan fingerprint density at radius 2 is 1.77 bits per heavy atom. The topological polar surface area (TPSA) is 108 Å². The van der Waals surface area contributed by atoms with Crippen LogP contribution in [-0.4, -0.2) is 39.5 Å². The number of ketones is 1. The van der Waals surface area contributed by atoms with Crippen LogP contribution in [0.2, 0.25) is 0 Å². The average molecular weight is 492 g/mol. The van der Waals surface area contributed by atoms with E-state index in [0.29, 0.717) is 28.1 Å². The highest BCUT2D eigenvalue weighted by atomic mass is 32.1. The summed E-state index contributed by atoms with van der Waals surface area (Å²) < 4.78 is 38.4. The Balaban J connectivity index is 1.67. The second-order valence-corrected chi connectivity index (χ2v) is 8.20. The van der Waals surface area contributed by atoms with Gasteiger partial charge in [-0.3, -0.25) is 4.79 Å². The Kier molecular flexibility index (Phi) is 5.87. The number of carboxylic acid groups (broad SMARTS) is 1. The molecule has 2 heterocycles. The van der Waals surface area contributed by atoms with Crippen molar-refractivity contribution in [1.82, 2.24) is 8.75 Å². The van der Waals surface area contributed by atoms with E-state index >= 15 is 0 Å². The zero-order valence-electron chi connectivity index (χ0n) is 18.3. The van der Waals surface area contributed by atoms with Crippen LogP contribution < -0.4 is 14.2 Å². The Bertz CT molecular complexity index is 1510. The summed E-state index contributed by atoms with van der Waals surface area (Å²) in [6.45, 7) is 0.0306. The van der Waals surface area contributed by atoms with Crippen molar-refractivity contribution in [2.24, 2.45) is 0 Å². The lowest BCUT2D eigenvalue weighted by atomic mass is 9.89. The van der Waals surface area contributed by atoms with E-state index in [1.54, 1.807) is 30.3 Å². The predicted octanol–water partition coefficient (Wildman–Crippen LogP) is 4.53. The number of ether oxygens (including phenoxy) is 3. The maximum absolute atomic E-state index is 14.4. The van der Waals surface area contributed by atoms with E-state index in [1.807, 2.05) is 0 Å². The molecule has 176 valence electrons. The normalized spacial score (nSPS) is 13.0. The van der Waals surface area contributed by atoms with Crippen LogP contribution in [0.4, 0.5) is 4.39 Å². The molecule has 1 aliphatic rings. The fourth-order valence-electron chi connectivity index (χ4n) is 3.88. The van der Waals surface area contributed by atoms with E-state index in [1.165, 1.54) is 31.4 Å². The van der Waals surface area contributed by atoms with Gasteiger partial charge in [-0.1, -0.05) is 12.1 Å². The number of methoxy groups -OCH3 is 1. The number of allylic oxidation sites excluding steroid dienone is 1. The molecule has 0 radical (unpaired) electrons. The van der Waals surface area contributed by atoms with Gasteiger partial charge in [-0.25, -0.2) is 9.18 Å². The van der Waals surface area contributed by atoms with E-state index in [4.69, 9.17) is 14.2 Å². The first-order chi connectivity index (χ1) is 16.9. The van der Waals surface area contributed by atoms with Gasteiger partial charge in [0.1, 0.15) is 11.0 Å². The number of rotatable bonds is 7. The molecule has 1 aromatic heterocycles. The van der Waals surface area contributed by atoms with Gasteiger partial charge in [0.05, 0.1) is 24.4 Å².